The van der Waals surface area contributed by atoms with E-state index in [4.69, 9.17) is 15.2 Å². The maximum atomic E-state index is 11.2. The molecule has 1 aromatic rings. The number of nitro benzene ring substituents is 1. The number of nitro groups is 1. The molecule has 2 unspecified atom stereocenters. The molecule has 0 saturated heterocycles. The number of nitrogens with zero attached hydrogens (tertiary/aromatic N) is 1. The summed E-state index contributed by atoms with van der Waals surface area (Å²) in [6.07, 6.45) is 5.20. The van der Waals surface area contributed by atoms with E-state index in [0.29, 0.717) is 11.5 Å². The Kier molecular flexibility index (Phi) is 3.49. The molecule has 6 heteroatoms. The van der Waals surface area contributed by atoms with Crippen LogP contribution in [0.25, 0.3) is 0 Å². The standard InChI is InChI=1S/C15H20N2O4/c1-20-10-4-5-12(11(8-10)17(18)19)21-14-9-13(16)15(14)6-2-3-7-15/h4-5,8,13-14H,2-3,6-7,9,16H2,1H3. The summed E-state index contributed by atoms with van der Waals surface area (Å²) in [4.78, 5) is 10.8. The Balaban J connectivity index is 1.83. The first-order valence-electron chi connectivity index (χ1n) is 7.31. The highest BCUT2D eigenvalue weighted by molar-refractivity contribution is 5.51. The molecule has 2 aliphatic carbocycles. The molecule has 0 heterocycles. The normalized spacial score (nSPS) is 26.4. The topological polar surface area (TPSA) is 87.6 Å². The van der Waals surface area contributed by atoms with E-state index in [1.807, 2.05) is 0 Å². The Labute approximate surface area is 123 Å². The van der Waals surface area contributed by atoms with Gasteiger partial charge in [0, 0.05) is 17.9 Å². The monoisotopic (exact) mass is 292 g/mol. The highest BCUT2D eigenvalue weighted by Crippen LogP contribution is 2.54. The van der Waals surface area contributed by atoms with Gasteiger partial charge in [-0.15, -0.1) is 0 Å². The summed E-state index contributed by atoms with van der Waals surface area (Å²) in [7, 11) is 1.48. The van der Waals surface area contributed by atoms with Crippen molar-refractivity contribution >= 4 is 5.69 Å². The minimum Gasteiger partial charge on any atom is -0.496 e. The van der Waals surface area contributed by atoms with Crippen molar-refractivity contribution in [3.63, 3.8) is 0 Å². The first-order chi connectivity index (χ1) is 10.1. The van der Waals surface area contributed by atoms with E-state index in [1.165, 1.54) is 13.2 Å². The second-order valence-electron chi connectivity index (χ2n) is 5.98. The fourth-order valence-corrected chi connectivity index (χ4v) is 3.69. The van der Waals surface area contributed by atoms with Crippen molar-refractivity contribution in [3.8, 4) is 11.5 Å². The lowest BCUT2D eigenvalue weighted by Gasteiger charge is -2.51. The van der Waals surface area contributed by atoms with Gasteiger partial charge in [-0.1, -0.05) is 12.8 Å². The van der Waals surface area contributed by atoms with Gasteiger partial charge in [0.25, 0.3) is 0 Å². The molecule has 21 heavy (non-hydrogen) atoms. The highest BCUT2D eigenvalue weighted by atomic mass is 16.6. The van der Waals surface area contributed by atoms with Crippen LogP contribution in [0.4, 0.5) is 5.69 Å². The number of hydrogen-bond acceptors (Lipinski definition) is 5. The van der Waals surface area contributed by atoms with E-state index >= 15 is 0 Å². The molecule has 114 valence electrons. The van der Waals surface area contributed by atoms with Crippen molar-refractivity contribution in [2.75, 3.05) is 7.11 Å². The number of methoxy groups -OCH3 is 1. The molecule has 2 fully saturated rings. The zero-order chi connectivity index (χ0) is 15.0. The van der Waals surface area contributed by atoms with Gasteiger partial charge in [0.05, 0.1) is 18.1 Å². The molecule has 0 bridgehead atoms. The van der Waals surface area contributed by atoms with E-state index in [1.54, 1.807) is 12.1 Å². The highest BCUT2D eigenvalue weighted by Gasteiger charge is 2.56. The molecule has 2 saturated carbocycles. The van der Waals surface area contributed by atoms with Gasteiger partial charge in [0.15, 0.2) is 5.75 Å². The second kappa shape index (κ2) is 5.18. The Hall–Kier alpha value is -1.82. The Morgan fingerprint density at radius 2 is 2.10 bits per heavy atom. The summed E-state index contributed by atoms with van der Waals surface area (Å²) in [6.45, 7) is 0. The van der Waals surface area contributed by atoms with E-state index in [9.17, 15) is 10.1 Å². The minimum atomic E-state index is -0.433. The third-order valence-corrected chi connectivity index (χ3v) is 5.01. The smallest absolute Gasteiger partial charge is 0.314 e. The van der Waals surface area contributed by atoms with Gasteiger partial charge in [-0.05, 0) is 25.0 Å². The van der Waals surface area contributed by atoms with Gasteiger partial charge >= 0.3 is 5.69 Å². The predicted molar refractivity (Wildman–Crippen MR) is 77.6 cm³/mol. The molecule has 2 aliphatic rings. The van der Waals surface area contributed by atoms with Gasteiger partial charge in [0.1, 0.15) is 11.9 Å². The van der Waals surface area contributed by atoms with Crippen LogP contribution in [-0.2, 0) is 0 Å². The number of nitrogens with two attached hydrogens (primary N) is 1. The lowest BCUT2D eigenvalue weighted by molar-refractivity contribution is -0.386. The Bertz CT molecular complexity index is 555. The van der Waals surface area contributed by atoms with Crippen LogP contribution in [0.1, 0.15) is 32.1 Å². The lowest BCUT2D eigenvalue weighted by Crippen LogP contribution is -2.62. The molecular weight excluding hydrogens is 272 g/mol. The van der Waals surface area contributed by atoms with Crippen LogP contribution < -0.4 is 15.2 Å². The van der Waals surface area contributed by atoms with Crippen LogP contribution >= 0.6 is 0 Å². The van der Waals surface area contributed by atoms with E-state index < -0.39 is 4.92 Å². The fraction of sp³-hybridized carbons (Fsp3) is 0.600. The summed E-state index contributed by atoms with van der Waals surface area (Å²) < 4.78 is 11.0. The van der Waals surface area contributed by atoms with Gasteiger partial charge < -0.3 is 15.2 Å². The van der Waals surface area contributed by atoms with Crippen LogP contribution in [0.3, 0.4) is 0 Å². The van der Waals surface area contributed by atoms with E-state index in [2.05, 4.69) is 0 Å². The van der Waals surface area contributed by atoms with E-state index in [-0.39, 0.29) is 23.2 Å². The predicted octanol–water partition coefficient (Wildman–Crippen LogP) is 2.64. The lowest BCUT2D eigenvalue weighted by atomic mass is 9.61. The van der Waals surface area contributed by atoms with Crippen molar-refractivity contribution in [2.24, 2.45) is 11.1 Å². The molecule has 2 atom stereocenters. The molecule has 1 spiro atoms. The fourth-order valence-electron chi connectivity index (χ4n) is 3.69. The average Bonchev–Trinajstić information content (AvgIpc) is 2.99. The quantitative estimate of drug-likeness (QED) is 0.681. The Morgan fingerprint density at radius 1 is 1.38 bits per heavy atom. The summed E-state index contributed by atoms with van der Waals surface area (Å²) in [5.41, 5.74) is 6.14. The third kappa shape index (κ3) is 2.23. The minimum absolute atomic E-state index is 0.0119. The van der Waals surface area contributed by atoms with Crippen LogP contribution in [0.2, 0.25) is 0 Å². The van der Waals surface area contributed by atoms with Crippen molar-refractivity contribution in [1.82, 2.24) is 0 Å². The zero-order valence-electron chi connectivity index (χ0n) is 12.1. The number of ether oxygens (including phenoxy) is 2. The number of benzene rings is 1. The molecule has 0 aliphatic heterocycles. The maximum absolute atomic E-state index is 11.2. The average molecular weight is 292 g/mol. The molecule has 2 N–H and O–H groups in total. The van der Waals surface area contributed by atoms with Gasteiger partial charge in [-0.2, -0.15) is 0 Å². The molecular formula is C15H20N2O4. The molecule has 1 aromatic carbocycles. The first kappa shape index (κ1) is 14.1. The van der Waals surface area contributed by atoms with Crippen LogP contribution in [-0.4, -0.2) is 24.2 Å². The van der Waals surface area contributed by atoms with Gasteiger partial charge in [0.2, 0.25) is 0 Å². The van der Waals surface area contributed by atoms with Crippen molar-refractivity contribution < 1.29 is 14.4 Å². The molecule has 0 aromatic heterocycles. The number of hydrogen-bond donors (Lipinski definition) is 1. The van der Waals surface area contributed by atoms with E-state index in [0.717, 1.165) is 32.1 Å². The Morgan fingerprint density at radius 3 is 2.67 bits per heavy atom. The summed E-state index contributed by atoms with van der Waals surface area (Å²) in [6, 6.07) is 4.85. The largest absolute Gasteiger partial charge is 0.496 e. The molecule has 0 amide bonds. The second-order valence-corrected chi connectivity index (χ2v) is 5.98. The van der Waals surface area contributed by atoms with Gasteiger partial charge in [-0.25, -0.2) is 0 Å². The summed E-state index contributed by atoms with van der Waals surface area (Å²) >= 11 is 0. The maximum Gasteiger partial charge on any atom is 0.314 e. The number of rotatable bonds is 4. The van der Waals surface area contributed by atoms with Crippen LogP contribution in [0.15, 0.2) is 18.2 Å². The molecule has 6 nitrogen and oxygen atoms in total. The molecule has 0 radical (unpaired) electrons. The summed E-state index contributed by atoms with van der Waals surface area (Å²) in [5.74, 6) is 0.763. The molecule has 3 rings (SSSR count). The van der Waals surface area contributed by atoms with Gasteiger partial charge in [-0.3, -0.25) is 10.1 Å². The van der Waals surface area contributed by atoms with Crippen molar-refractivity contribution in [1.29, 1.82) is 0 Å². The zero-order valence-corrected chi connectivity index (χ0v) is 12.1. The third-order valence-electron chi connectivity index (χ3n) is 5.01. The van der Waals surface area contributed by atoms with Crippen molar-refractivity contribution in [2.45, 2.75) is 44.2 Å². The van der Waals surface area contributed by atoms with Crippen molar-refractivity contribution in [3.05, 3.63) is 28.3 Å². The SMILES string of the molecule is COc1ccc(OC2CC(N)C23CCCC3)c([N+](=O)[O-])c1. The first-order valence-corrected chi connectivity index (χ1v) is 7.31. The van der Waals surface area contributed by atoms with Crippen LogP contribution in [0.5, 0.6) is 11.5 Å². The summed E-state index contributed by atoms with van der Waals surface area (Å²) in [5, 5.41) is 11.2. The van der Waals surface area contributed by atoms with Crippen LogP contribution in [0, 0.1) is 15.5 Å².